The normalized spacial score (nSPS) is 32.9. The smallest absolute Gasteiger partial charge is 0.248 e. The molecule has 0 spiro atoms. The number of hydrogen-bond donors (Lipinski definition) is 2. The third-order valence-corrected chi connectivity index (χ3v) is 6.17. The molecule has 0 aromatic heterocycles. The summed E-state index contributed by atoms with van der Waals surface area (Å²) in [6.45, 7) is 1.18. The third kappa shape index (κ3) is 3.15. The summed E-state index contributed by atoms with van der Waals surface area (Å²) in [6, 6.07) is 6.96. The summed E-state index contributed by atoms with van der Waals surface area (Å²) >= 11 is 0. The first-order valence-corrected chi connectivity index (χ1v) is 9.39. The highest BCUT2D eigenvalue weighted by Gasteiger charge is 2.58. The zero-order valence-corrected chi connectivity index (χ0v) is 15.4. The Kier molecular flexibility index (Phi) is 4.74. The van der Waals surface area contributed by atoms with E-state index in [9.17, 15) is 14.7 Å². The molecule has 2 aliphatic carbocycles. The molecule has 2 saturated carbocycles. The van der Waals surface area contributed by atoms with Crippen molar-refractivity contribution in [2.45, 2.75) is 31.5 Å². The molecular formula is C20H25N3O4. The topological polar surface area (TPSA) is 105 Å². The summed E-state index contributed by atoms with van der Waals surface area (Å²) in [6.07, 6.45) is 1.26. The maximum absolute atomic E-state index is 12.4. The molecule has 5 atom stereocenters. The maximum atomic E-state index is 12.4. The van der Waals surface area contributed by atoms with Gasteiger partial charge in [0.05, 0.1) is 18.7 Å². The molecule has 0 radical (unpaired) electrons. The lowest BCUT2D eigenvalue weighted by Gasteiger charge is -2.42. The quantitative estimate of drug-likeness (QED) is 0.791. The summed E-state index contributed by atoms with van der Waals surface area (Å²) in [7, 11) is 1.51. The molecule has 1 aromatic carbocycles. The highest BCUT2D eigenvalue weighted by Crippen LogP contribution is 2.49. The minimum Gasteiger partial charge on any atom is -0.390 e. The summed E-state index contributed by atoms with van der Waals surface area (Å²) in [5.74, 6) is 0.0111. The average molecular weight is 371 g/mol. The number of carbonyl (C=O) groups excluding carboxylic acids is 2. The molecule has 2 unspecified atom stereocenters. The van der Waals surface area contributed by atoms with Crippen LogP contribution < -0.4 is 5.73 Å². The zero-order valence-electron chi connectivity index (χ0n) is 15.4. The Morgan fingerprint density at radius 3 is 2.85 bits per heavy atom. The van der Waals surface area contributed by atoms with E-state index in [1.807, 2.05) is 11.0 Å². The number of likely N-dealkylation sites (tertiary alicyclic amines) is 1. The predicted molar refractivity (Wildman–Crippen MR) is 99.2 cm³/mol. The monoisotopic (exact) mass is 371 g/mol. The molecule has 7 heteroatoms. The molecular weight excluding hydrogens is 346 g/mol. The zero-order chi connectivity index (χ0) is 19.1. The highest BCUT2D eigenvalue weighted by molar-refractivity contribution is 5.95. The fraction of sp³-hybridized carbons (Fsp3) is 0.550. The van der Waals surface area contributed by atoms with Crippen molar-refractivity contribution in [1.29, 1.82) is 0 Å². The van der Waals surface area contributed by atoms with Gasteiger partial charge in [0.1, 0.15) is 6.61 Å². The molecule has 144 valence electrons. The van der Waals surface area contributed by atoms with Crippen molar-refractivity contribution in [1.82, 2.24) is 4.90 Å². The van der Waals surface area contributed by atoms with Gasteiger partial charge in [-0.2, -0.15) is 0 Å². The van der Waals surface area contributed by atoms with Crippen LogP contribution in [-0.2, 0) is 16.1 Å². The molecule has 4 rings (SSSR count). The summed E-state index contributed by atoms with van der Waals surface area (Å²) in [5.41, 5.74) is 7.74. The lowest BCUT2D eigenvalue weighted by molar-refractivity contribution is -0.142. The number of nitrogens with zero attached hydrogens (tertiary/aromatic N) is 2. The lowest BCUT2D eigenvalue weighted by atomic mass is 9.76. The number of piperidine rings is 1. The van der Waals surface area contributed by atoms with Crippen molar-refractivity contribution in [3.63, 3.8) is 0 Å². The van der Waals surface area contributed by atoms with Crippen LogP contribution in [0.5, 0.6) is 0 Å². The molecule has 1 saturated heterocycles. The fourth-order valence-electron chi connectivity index (χ4n) is 5.10. The Morgan fingerprint density at radius 1 is 1.33 bits per heavy atom. The van der Waals surface area contributed by atoms with Crippen LogP contribution in [0.1, 0.15) is 28.8 Å². The van der Waals surface area contributed by atoms with Crippen LogP contribution in [0, 0.1) is 17.8 Å². The van der Waals surface area contributed by atoms with E-state index in [-0.39, 0.29) is 30.4 Å². The number of benzene rings is 1. The van der Waals surface area contributed by atoms with Gasteiger partial charge in [0.25, 0.3) is 0 Å². The SMILES string of the molecule is COCC(=O)N1CC2C[C@@H]3C(=NCc4cccc(C(N)=O)c4)[C@H](C2)C1[C@H]3O. The van der Waals surface area contributed by atoms with Gasteiger partial charge < -0.3 is 20.5 Å². The van der Waals surface area contributed by atoms with Crippen LogP contribution in [-0.4, -0.2) is 59.9 Å². The van der Waals surface area contributed by atoms with Gasteiger partial charge in [0.15, 0.2) is 0 Å². The first kappa shape index (κ1) is 18.1. The number of nitrogens with two attached hydrogens (primary N) is 1. The van der Waals surface area contributed by atoms with Gasteiger partial charge >= 0.3 is 0 Å². The molecule has 27 heavy (non-hydrogen) atoms. The predicted octanol–water partition coefficient (Wildman–Crippen LogP) is 0.601. The number of carbonyl (C=O) groups is 2. The molecule has 1 aliphatic heterocycles. The maximum Gasteiger partial charge on any atom is 0.248 e. The number of hydrogen-bond acceptors (Lipinski definition) is 5. The van der Waals surface area contributed by atoms with Crippen molar-refractivity contribution < 1.29 is 19.4 Å². The molecule has 1 heterocycles. The first-order valence-electron chi connectivity index (χ1n) is 9.39. The first-order chi connectivity index (χ1) is 13.0. The molecule has 2 amide bonds. The Balaban J connectivity index is 1.57. The summed E-state index contributed by atoms with van der Waals surface area (Å²) in [5, 5.41) is 10.9. The van der Waals surface area contributed by atoms with Crippen LogP contribution in [0.4, 0.5) is 0 Å². The Morgan fingerprint density at radius 2 is 2.11 bits per heavy atom. The van der Waals surface area contributed by atoms with Crippen molar-refractivity contribution in [3.8, 4) is 0 Å². The standard InChI is InChI=1S/C20H25N3O4/c1-27-10-16(24)23-9-12-6-14-17(15(7-12)19(25)18(14)23)22-8-11-3-2-4-13(5-11)20(21)26/h2-5,12,14-15,18-19,25H,6-10H2,1H3,(H2,21,26)/t12?,14-,15+,18?,19-/m0/s1. The Labute approximate surface area is 158 Å². The number of aliphatic imine (C=N–C) groups is 1. The number of fused-ring (bicyclic) bond motifs is 2. The molecule has 7 nitrogen and oxygen atoms in total. The van der Waals surface area contributed by atoms with Crippen molar-refractivity contribution in [3.05, 3.63) is 35.4 Å². The minimum atomic E-state index is -0.570. The van der Waals surface area contributed by atoms with E-state index in [4.69, 9.17) is 15.5 Å². The van der Waals surface area contributed by atoms with Gasteiger partial charge in [0.2, 0.25) is 11.8 Å². The highest BCUT2D eigenvalue weighted by atomic mass is 16.5. The largest absolute Gasteiger partial charge is 0.390 e. The Hall–Kier alpha value is -2.25. The van der Waals surface area contributed by atoms with Gasteiger partial charge in [-0.25, -0.2) is 0 Å². The molecule has 1 aromatic rings. The number of amides is 2. The van der Waals surface area contributed by atoms with Crippen LogP contribution >= 0.6 is 0 Å². The Bertz CT molecular complexity index is 793. The summed E-state index contributed by atoms with van der Waals surface area (Å²) in [4.78, 5) is 30.4. The second kappa shape index (κ2) is 7.05. The van der Waals surface area contributed by atoms with E-state index in [0.29, 0.717) is 24.6 Å². The van der Waals surface area contributed by atoms with E-state index in [2.05, 4.69) is 0 Å². The van der Waals surface area contributed by atoms with Crippen molar-refractivity contribution in [2.75, 3.05) is 20.3 Å². The number of primary amides is 1. The van der Waals surface area contributed by atoms with E-state index in [1.54, 1.807) is 18.2 Å². The number of aliphatic hydroxyl groups is 1. The van der Waals surface area contributed by atoms with Gasteiger partial charge in [0, 0.05) is 36.8 Å². The molecule has 3 fully saturated rings. The van der Waals surface area contributed by atoms with Crippen LogP contribution in [0.15, 0.2) is 29.3 Å². The van der Waals surface area contributed by atoms with Crippen molar-refractivity contribution in [2.24, 2.45) is 28.5 Å². The van der Waals surface area contributed by atoms with E-state index in [0.717, 1.165) is 24.1 Å². The molecule has 3 N–H and O–H groups in total. The van der Waals surface area contributed by atoms with E-state index < -0.39 is 12.0 Å². The lowest BCUT2D eigenvalue weighted by Crippen LogP contribution is -2.54. The van der Waals surface area contributed by atoms with Crippen LogP contribution in [0.25, 0.3) is 0 Å². The van der Waals surface area contributed by atoms with Crippen LogP contribution in [0.3, 0.4) is 0 Å². The fourth-order valence-corrected chi connectivity index (χ4v) is 5.10. The average Bonchev–Trinajstić information content (AvgIpc) is 2.76. The molecule has 3 aliphatic rings. The minimum absolute atomic E-state index is 0.0124. The second-order valence-corrected chi connectivity index (χ2v) is 7.82. The van der Waals surface area contributed by atoms with Crippen molar-refractivity contribution >= 4 is 17.5 Å². The number of ether oxygens (including phenoxy) is 1. The van der Waals surface area contributed by atoms with Gasteiger partial charge in [-0.15, -0.1) is 0 Å². The van der Waals surface area contributed by atoms with Gasteiger partial charge in [-0.05, 0) is 36.5 Å². The molecule has 3 bridgehead atoms. The van der Waals surface area contributed by atoms with Gasteiger partial charge in [-0.3, -0.25) is 14.6 Å². The summed E-state index contributed by atoms with van der Waals surface area (Å²) < 4.78 is 5.01. The second-order valence-electron chi connectivity index (χ2n) is 7.82. The number of aliphatic hydroxyl groups excluding tert-OH is 1. The number of rotatable bonds is 5. The third-order valence-electron chi connectivity index (χ3n) is 6.17. The van der Waals surface area contributed by atoms with E-state index >= 15 is 0 Å². The van der Waals surface area contributed by atoms with Gasteiger partial charge in [-0.1, -0.05) is 12.1 Å². The van der Waals surface area contributed by atoms with E-state index in [1.165, 1.54) is 7.11 Å². The number of methoxy groups -OCH3 is 1. The van der Waals surface area contributed by atoms with Crippen LogP contribution in [0.2, 0.25) is 0 Å².